The van der Waals surface area contributed by atoms with Gasteiger partial charge in [0.15, 0.2) is 0 Å². The average molecular weight is 575 g/mol. The Labute approximate surface area is 227 Å². The van der Waals surface area contributed by atoms with Crippen LogP contribution in [0.15, 0.2) is 83.9 Å². The predicted molar refractivity (Wildman–Crippen MR) is 137 cm³/mol. The molecule has 1 saturated heterocycles. The summed E-state index contributed by atoms with van der Waals surface area (Å²) >= 11 is -0.774. The zero-order chi connectivity index (χ0) is 21.2. The third-order valence-corrected chi connectivity index (χ3v) is 13.7. The molecule has 34 heavy (non-hydrogen) atoms. The fourth-order valence-corrected chi connectivity index (χ4v) is 12.7. The van der Waals surface area contributed by atoms with Gasteiger partial charge in [-0.15, -0.1) is 0 Å². The Morgan fingerprint density at radius 2 is 1.26 bits per heavy atom. The van der Waals surface area contributed by atoms with Crippen molar-refractivity contribution in [1.82, 2.24) is 0 Å². The molecule has 166 valence electrons. The molecule has 0 N–H and O–H groups in total. The molecule has 2 unspecified atom stereocenters. The maximum absolute atomic E-state index is 2.59. The molecule has 0 aromatic heterocycles. The first-order chi connectivity index (χ1) is 15.8. The van der Waals surface area contributed by atoms with Gasteiger partial charge in [0.2, 0.25) is 0 Å². The van der Waals surface area contributed by atoms with Crippen LogP contribution < -0.4 is 24.8 Å². The topological polar surface area (TPSA) is 0 Å². The van der Waals surface area contributed by atoms with Crippen LogP contribution in [-0.2, 0) is 23.2 Å². The summed E-state index contributed by atoms with van der Waals surface area (Å²) in [6.45, 7) is 2.38. The SMILES string of the molecule is CC[SiH]=C1CC2=Cc3cc4ccccc4cc3[CH]2[Zr+2][CH]2C1=Cc1cc3ccccc3cc12.[Cl-].[Cl-]. The van der Waals surface area contributed by atoms with Gasteiger partial charge in [-0.25, -0.2) is 0 Å². The van der Waals surface area contributed by atoms with E-state index in [1.807, 2.05) is 0 Å². The Morgan fingerprint density at radius 3 is 1.85 bits per heavy atom. The summed E-state index contributed by atoms with van der Waals surface area (Å²) in [5.74, 6) is 0. The Hall–Kier alpha value is -1.57. The monoisotopic (exact) mass is 572 g/mol. The molecule has 0 nitrogen and oxygen atoms in total. The Kier molecular flexibility index (Phi) is 6.73. The van der Waals surface area contributed by atoms with Crippen molar-refractivity contribution in [2.45, 2.75) is 26.6 Å². The standard InChI is InChI=1S/C30H24Si.2ClH.Zr/c1-2-31-30(29-18-27-16-23-9-5-6-10-24(23)17-28(27)19-29)13-20-11-25-14-21-7-3-4-8-22(21)15-26(25)12-20;;;/h3-12,14-19,31H,2,13H2,1H3;2*1H;/q;;;+2/p-2. The summed E-state index contributed by atoms with van der Waals surface area (Å²) in [7, 11) is 0.385. The number of rotatable bonds is 1. The van der Waals surface area contributed by atoms with Crippen molar-refractivity contribution in [2.75, 3.05) is 0 Å². The number of fused-ring (bicyclic) bond motifs is 8. The molecule has 0 spiro atoms. The zero-order valence-electron chi connectivity index (χ0n) is 19.0. The van der Waals surface area contributed by atoms with Crippen molar-refractivity contribution in [3.63, 3.8) is 0 Å². The van der Waals surface area contributed by atoms with Crippen molar-refractivity contribution in [2.24, 2.45) is 0 Å². The van der Waals surface area contributed by atoms with E-state index in [4.69, 9.17) is 0 Å². The van der Waals surface area contributed by atoms with Crippen LogP contribution in [0.25, 0.3) is 33.7 Å². The molecule has 4 aromatic rings. The van der Waals surface area contributed by atoms with Crippen molar-refractivity contribution in [3.05, 3.63) is 106 Å². The van der Waals surface area contributed by atoms with E-state index in [9.17, 15) is 0 Å². The molecule has 7 rings (SSSR count). The second-order valence-electron chi connectivity index (χ2n) is 9.32. The van der Waals surface area contributed by atoms with Crippen LogP contribution >= 0.6 is 0 Å². The fourth-order valence-electron chi connectivity index (χ4n) is 5.93. The molecule has 0 radical (unpaired) electrons. The van der Waals surface area contributed by atoms with Gasteiger partial charge in [0.1, 0.15) is 0 Å². The molecule has 0 amide bonds. The molecule has 1 fully saturated rings. The normalized spacial score (nSPS) is 20.4. The van der Waals surface area contributed by atoms with Crippen molar-refractivity contribution < 1.29 is 48.0 Å². The number of allylic oxidation sites excluding steroid dienone is 2. The largest absolute Gasteiger partial charge is 1.00 e. The van der Waals surface area contributed by atoms with Gasteiger partial charge in [-0.3, -0.25) is 0 Å². The number of benzene rings is 4. The van der Waals surface area contributed by atoms with Gasteiger partial charge >= 0.3 is 204 Å². The second-order valence-corrected chi connectivity index (χ2v) is 14.9. The minimum atomic E-state index is -0.774. The molecule has 2 aliphatic carbocycles. The average Bonchev–Trinajstić information content (AvgIpc) is 3.28. The Balaban J connectivity index is 0.00000120. The van der Waals surface area contributed by atoms with Crippen LogP contribution in [-0.4, -0.2) is 14.3 Å². The molecule has 4 heteroatoms. The molecular formula is C30H24Cl2SiZr. The minimum Gasteiger partial charge on any atom is -1.00 e. The van der Waals surface area contributed by atoms with Crippen LogP contribution in [0.5, 0.6) is 0 Å². The van der Waals surface area contributed by atoms with Crippen LogP contribution in [0.1, 0.15) is 42.8 Å². The quantitative estimate of drug-likeness (QED) is 0.299. The van der Waals surface area contributed by atoms with E-state index in [1.54, 1.807) is 27.4 Å². The van der Waals surface area contributed by atoms with Crippen LogP contribution in [0.3, 0.4) is 0 Å². The molecule has 0 saturated carbocycles. The second kappa shape index (κ2) is 9.47. The van der Waals surface area contributed by atoms with Crippen LogP contribution in [0.4, 0.5) is 0 Å². The molecule has 3 aliphatic rings. The van der Waals surface area contributed by atoms with E-state index in [0.717, 1.165) is 3.63 Å². The van der Waals surface area contributed by atoms with E-state index in [1.165, 1.54) is 45.1 Å². The minimum absolute atomic E-state index is 0. The summed E-state index contributed by atoms with van der Waals surface area (Å²) in [5.41, 5.74) is 9.73. The predicted octanol–water partition coefficient (Wildman–Crippen LogP) is 1.11. The summed E-state index contributed by atoms with van der Waals surface area (Å²) in [6.07, 6.45) is 6.38. The van der Waals surface area contributed by atoms with Crippen LogP contribution in [0.2, 0.25) is 6.04 Å². The van der Waals surface area contributed by atoms with Gasteiger partial charge < -0.3 is 24.8 Å². The summed E-state index contributed by atoms with van der Waals surface area (Å²) in [5, 5.41) is 7.37. The number of hydrogen-bond acceptors (Lipinski definition) is 0. The first kappa shape index (κ1) is 24.1. The molecule has 2 atom stereocenters. The van der Waals surface area contributed by atoms with Crippen molar-refractivity contribution >= 4 is 48.0 Å². The van der Waals surface area contributed by atoms with E-state index >= 15 is 0 Å². The molecule has 1 aliphatic heterocycles. The van der Waals surface area contributed by atoms with E-state index < -0.39 is 23.2 Å². The van der Waals surface area contributed by atoms with E-state index in [0.29, 0.717) is 12.8 Å². The van der Waals surface area contributed by atoms with Gasteiger partial charge in [-0.2, -0.15) is 0 Å². The summed E-state index contributed by atoms with van der Waals surface area (Å²) < 4.78 is 1.43. The molecule has 4 aromatic carbocycles. The maximum atomic E-state index is 2.59. The summed E-state index contributed by atoms with van der Waals surface area (Å²) in [4.78, 5) is 0. The Morgan fingerprint density at radius 1 is 0.735 bits per heavy atom. The van der Waals surface area contributed by atoms with E-state index in [-0.39, 0.29) is 24.8 Å². The number of hydrogen-bond donors (Lipinski definition) is 0. The third kappa shape index (κ3) is 3.79. The van der Waals surface area contributed by atoms with Crippen molar-refractivity contribution in [1.29, 1.82) is 0 Å². The van der Waals surface area contributed by atoms with Gasteiger partial charge in [0, 0.05) is 0 Å². The Bertz CT molecular complexity index is 1530. The fraction of sp³-hybridized carbons (Fsp3) is 0.167. The maximum Gasteiger partial charge on any atom is -1.00 e. The van der Waals surface area contributed by atoms with Gasteiger partial charge in [0.05, 0.1) is 0 Å². The molecule has 1 heterocycles. The van der Waals surface area contributed by atoms with Gasteiger partial charge in [-0.05, 0) is 0 Å². The van der Waals surface area contributed by atoms with Gasteiger partial charge in [0.25, 0.3) is 0 Å². The first-order valence-corrected chi connectivity index (χ1v) is 15.9. The van der Waals surface area contributed by atoms with Crippen molar-refractivity contribution in [3.8, 4) is 0 Å². The smallest absolute Gasteiger partial charge is 1.00 e. The summed E-state index contributed by atoms with van der Waals surface area (Å²) in [6, 6.07) is 29.1. The van der Waals surface area contributed by atoms with Gasteiger partial charge in [-0.1, -0.05) is 0 Å². The number of halogens is 2. The molecule has 0 bridgehead atoms. The zero-order valence-corrected chi connectivity index (χ0v) is 24.1. The molecular weight excluding hydrogens is 551 g/mol. The van der Waals surface area contributed by atoms with E-state index in [2.05, 4.69) is 91.9 Å². The van der Waals surface area contributed by atoms with Crippen LogP contribution in [0, 0.1) is 0 Å². The first-order valence-electron chi connectivity index (χ1n) is 11.7. The third-order valence-electron chi connectivity index (χ3n) is 7.41.